The third-order valence-electron chi connectivity index (χ3n) is 6.59. The van der Waals surface area contributed by atoms with Crippen LogP contribution in [0.2, 0.25) is 0 Å². The second-order valence-corrected chi connectivity index (χ2v) is 9.38. The van der Waals surface area contributed by atoms with Gasteiger partial charge in [0.05, 0.1) is 18.8 Å². The van der Waals surface area contributed by atoms with Crippen LogP contribution in [0.15, 0.2) is 48.5 Å². The number of ether oxygens (including phenoxy) is 3. The molecule has 0 saturated carbocycles. The van der Waals surface area contributed by atoms with Gasteiger partial charge in [0.15, 0.2) is 6.61 Å². The minimum atomic E-state index is -0.801. The molecule has 1 atom stereocenters. The largest absolute Gasteiger partial charge is 0.491 e. The van der Waals surface area contributed by atoms with E-state index in [9.17, 15) is 9.90 Å². The Hall–Kier alpha value is -2.61. The molecule has 4 rings (SSSR count). The summed E-state index contributed by atoms with van der Waals surface area (Å²) in [7, 11) is 0. The van der Waals surface area contributed by atoms with E-state index in [1.54, 1.807) is 4.90 Å². The van der Waals surface area contributed by atoms with Crippen molar-refractivity contribution in [1.29, 1.82) is 0 Å². The number of benzene rings is 2. The molecule has 0 aromatic heterocycles. The molecule has 1 N–H and O–H groups in total. The van der Waals surface area contributed by atoms with Gasteiger partial charge in [0.1, 0.15) is 18.1 Å². The van der Waals surface area contributed by atoms with Crippen molar-refractivity contribution in [3.8, 4) is 11.5 Å². The molecule has 0 aliphatic carbocycles. The van der Waals surface area contributed by atoms with Crippen LogP contribution in [-0.4, -0.2) is 79.0 Å². The summed E-state index contributed by atoms with van der Waals surface area (Å²) < 4.78 is 16.9. The van der Waals surface area contributed by atoms with Crippen LogP contribution in [0.5, 0.6) is 11.5 Å². The highest BCUT2D eigenvalue weighted by Gasteiger charge is 2.31. The van der Waals surface area contributed by atoms with E-state index in [-0.39, 0.29) is 12.5 Å². The van der Waals surface area contributed by atoms with E-state index in [0.717, 1.165) is 38.2 Å². The van der Waals surface area contributed by atoms with Crippen LogP contribution in [-0.2, 0) is 16.1 Å². The fourth-order valence-electron chi connectivity index (χ4n) is 4.39. The van der Waals surface area contributed by atoms with Crippen LogP contribution in [0.4, 0.5) is 0 Å². The van der Waals surface area contributed by atoms with Gasteiger partial charge in [0, 0.05) is 26.2 Å². The van der Waals surface area contributed by atoms with Gasteiger partial charge in [-0.1, -0.05) is 29.8 Å². The molecule has 0 spiro atoms. The summed E-state index contributed by atoms with van der Waals surface area (Å²) in [4.78, 5) is 16.4. The van der Waals surface area contributed by atoms with Gasteiger partial charge in [-0.2, -0.15) is 0 Å². The maximum absolute atomic E-state index is 12.2. The smallest absolute Gasteiger partial charge is 0.260 e. The van der Waals surface area contributed by atoms with Crippen LogP contribution >= 0.6 is 0 Å². The Balaban J connectivity index is 1.21. The highest BCUT2D eigenvalue weighted by atomic mass is 16.5. The van der Waals surface area contributed by atoms with Gasteiger partial charge in [-0.25, -0.2) is 0 Å². The zero-order valence-corrected chi connectivity index (χ0v) is 20.1. The average Bonchev–Trinajstić information content (AvgIpc) is 3.05. The molecule has 2 aromatic carbocycles. The predicted octanol–water partition coefficient (Wildman–Crippen LogP) is 3.03. The molecule has 7 nitrogen and oxygen atoms in total. The summed E-state index contributed by atoms with van der Waals surface area (Å²) >= 11 is 0. The number of aliphatic hydroxyl groups is 1. The molecular weight excluding hydrogens is 432 g/mol. The molecule has 184 valence electrons. The Morgan fingerprint density at radius 2 is 1.62 bits per heavy atom. The van der Waals surface area contributed by atoms with E-state index in [2.05, 4.69) is 4.90 Å². The monoisotopic (exact) mass is 468 g/mol. The van der Waals surface area contributed by atoms with Gasteiger partial charge in [0.2, 0.25) is 0 Å². The lowest BCUT2D eigenvalue weighted by molar-refractivity contribution is -0.137. The van der Waals surface area contributed by atoms with E-state index in [0.29, 0.717) is 45.1 Å². The highest BCUT2D eigenvalue weighted by Crippen LogP contribution is 2.25. The molecule has 2 saturated heterocycles. The normalized spacial score (nSPS) is 21.6. The SMILES string of the molecule is Cc1ccc(OC[C@@]2(O)CCCN(Cc3ccc(OCC(=O)N4CCOCC4)cc3)CC2)cc1. The first-order chi connectivity index (χ1) is 16.5. The number of carbonyl (C=O) groups excluding carboxylic acids is 1. The number of nitrogens with zero attached hydrogens (tertiary/aromatic N) is 2. The summed E-state index contributed by atoms with van der Waals surface area (Å²) in [5, 5.41) is 11.1. The number of rotatable bonds is 8. The molecule has 2 aromatic rings. The van der Waals surface area contributed by atoms with E-state index in [1.807, 2.05) is 55.5 Å². The summed E-state index contributed by atoms with van der Waals surface area (Å²) in [6.07, 6.45) is 2.35. The highest BCUT2D eigenvalue weighted by molar-refractivity contribution is 5.77. The quantitative estimate of drug-likeness (QED) is 0.642. The lowest BCUT2D eigenvalue weighted by atomic mass is 9.96. The number of aryl methyl sites for hydroxylation is 1. The van der Waals surface area contributed by atoms with Gasteiger partial charge in [-0.3, -0.25) is 9.69 Å². The summed E-state index contributed by atoms with van der Waals surface area (Å²) in [5.41, 5.74) is 1.58. The minimum absolute atomic E-state index is 0.00390. The van der Waals surface area contributed by atoms with Crippen molar-refractivity contribution < 1.29 is 24.1 Å². The van der Waals surface area contributed by atoms with Gasteiger partial charge < -0.3 is 24.2 Å². The van der Waals surface area contributed by atoms with Crippen molar-refractivity contribution in [2.24, 2.45) is 0 Å². The van der Waals surface area contributed by atoms with Crippen LogP contribution in [0, 0.1) is 6.92 Å². The molecule has 0 radical (unpaired) electrons. The van der Waals surface area contributed by atoms with Crippen molar-refractivity contribution in [1.82, 2.24) is 9.80 Å². The topological polar surface area (TPSA) is 71.5 Å². The Bertz CT molecular complexity index is 912. The van der Waals surface area contributed by atoms with Gasteiger partial charge in [0.25, 0.3) is 5.91 Å². The van der Waals surface area contributed by atoms with Gasteiger partial charge >= 0.3 is 0 Å². The first kappa shape index (κ1) is 24.5. The zero-order chi connectivity index (χ0) is 23.8. The number of carbonyl (C=O) groups is 1. The molecule has 2 fully saturated rings. The molecule has 34 heavy (non-hydrogen) atoms. The fraction of sp³-hybridized carbons (Fsp3) is 0.519. The third kappa shape index (κ3) is 7.19. The third-order valence-corrected chi connectivity index (χ3v) is 6.59. The number of hydrogen-bond acceptors (Lipinski definition) is 6. The Labute approximate surface area is 202 Å². The zero-order valence-electron chi connectivity index (χ0n) is 20.1. The fourth-order valence-corrected chi connectivity index (χ4v) is 4.39. The molecule has 2 heterocycles. The van der Waals surface area contributed by atoms with Crippen molar-refractivity contribution in [3.63, 3.8) is 0 Å². The second kappa shape index (κ2) is 11.7. The van der Waals surface area contributed by atoms with Gasteiger partial charge in [-0.15, -0.1) is 0 Å². The average molecular weight is 469 g/mol. The Morgan fingerprint density at radius 1 is 0.941 bits per heavy atom. The molecule has 1 amide bonds. The number of amides is 1. The second-order valence-electron chi connectivity index (χ2n) is 9.38. The van der Waals surface area contributed by atoms with Crippen molar-refractivity contribution in [3.05, 3.63) is 59.7 Å². The van der Waals surface area contributed by atoms with Crippen LogP contribution in [0.25, 0.3) is 0 Å². The van der Waals surface area contributed by atoms with Gasteiger partial charge in [-0.05, 0) is 62.6 Å². The first-order valence-electron chi connectivity index (χ1n) is 12.2. The molecular formula is C27H36N2O5. The van der Waals surface area contributed by atoms with E-state index < -0.39 is 5.60 Å². The van der Waals surface area contributed by atoms with E-state index in [1.165, 1.54) is 11.1 Å². The van der Waals surface area contributed by atoms with Crippen LogP contribution in [0.1, 0.15) is 30.4 Å². The van der Waals surface area contributed by atoms with Crippen molar-refractivity contribution in [2.75, 3.05) is 52.6 Å². The lowest BCUT2D eigenvalue weighted by Gasteiger charge is -2.27. The molecule has 7 heteroatoms. The first-order valence-corrected chi connectivity index (χ1v) is 12.2. The molecule has 2 aliphatic heterocycles. The number of morpholine rings is 1. The Kier molecular flexibility index (Phi) is 8.43. The summed E-state index contributed by atoms with van der Waals surface area (Å²) in [6, 6.07) is 15.9. The maximum Gasteiger partial charge on any atom is 0.260 e. The standard InChI is InChI=1S/C27H36N2O5/c1-22-3-7-25(8-4-22)34-21-27(31)11-2-13-28(14-12-27)19-23-5-9-24(10-6-23)33-20-26(30)29-15-17-32-18-16-29/h3-10,31H,2,11-21H2,1H3/t27-/m1/s1. The van der Waals surface area contributed by atoms with E-state index >= 15 is 0 Å². The number of hydrogen-bond donors (Lipinski definition) is 1. The van der Waals surface area contributed by atoms with Crippen LogP contribution in [0.3, 0.4) is 0 Å². The number of likely N-dealkylation sites (tertiary alicyclic amines) is 1. The molecule has 0 unspecified atom stereocenters. The maximum atomic E-state index is 12.2. The lowest BCUT2D eigenvalue weighted by Crippen LogP contribution is -2.42. The summed E-state index contributed by atoms with van der Waals surface area (Å²) in [5.74, 6) is 1.49. The Morgan fingerprint density at radius 3 is 2.35 bits per heavy atom. The summed E-state index contributed by atoms with van der Waals surface area (Å²) in [6.45, 7) is 7.44. The van der Waals surface area contributed by atoms with E-state index in [4.69, 9.17) is 14.2 Å². The minimum Gasteiger partial charge on any atom is -0.491 e. The molecule has 2 aliphatic rings. The van der Waals surface area contributed by atoms with Crippen molar-refractivity contribution >= 4 is 5.91 Å². The van der Waals surface area contributed by atoms with Crippen LogP contribution < -0.4 is 9.47 Å². The molecule has 0 bridgehead atoms. The predicted molar refractivity (Wildman–Crippen MR) is 130 cm³/mol. The van der Waals surface area contributed by atoms with Crippen molar-refractivity contribution in [2.45, 2.75) is 38.3 Å².